The molecular formula is C22H21F2N3OP2. The van der Waals surface area contributed by atoms with E-state index in [1.807, 2.05) is 18.2 Å². The summed E-state index contributed by atoms with van der Waals surface area (Å²) in [7, 11) is 8.11. The van der Waals surface area contributed by atoms with E-state index in [9.17, 15) is 4.91 Å². The van der Waals surface area contributed by atoms with E-state index in [2.05, 4.69) is 40.2 Å². The van der Waals surface area contributed by atoms with Crippen molar-refractivity contribution in [3.05, 3.63) is 75.9 Å². The van der Waals surface area contributed by atoms with Gasteiger partial charge in [0.15, 0.2) is 11.6 Å². The van der Waals surface area contributed by atoms with E-state index in [4.69, 9.17) is 0 Å². The van der Waals surface area contributed by atoms with Crippen LogP contribution >= 0.6 is 18.5 Å². The lowest BCUT2D eigenvalue weighted by atomic mass is 9.88. The molecule has 0 saturated heterocycles. The molecule has 0 spiro atoms. The highest BCUT2D eigenvalue weighted by atomic mass is 31.0. The van der Waals surface area contributed by atoms with Crippen molar-refractivity contribution >= 4 is 51.7 Å². The molecule has 0 heterocycles. The predicted octanol–water partition coefficient (Wildman–Crippen LogP) is 4.44. The summed E-state index contributed by atoms with van der Waals surface area (Å²) >= 11 is 0. The Balaban J connectivity index is 2.28. The molecule has 0 N–H and O–H groups in total. The molecule has 2 aliphatic carbocycles. The van der Waals surface area contributed by atoms with Crippen molar-refractivity contribution in [2.75, 3.05) is 14.1 Å². The lowest BCUT2D eigenvalue weighted by Crippen LogP contribution is -2.27. The zero-order valence-corrected chi connectivity index (χ0v) is 19.0. The summed E-state index contributed by atoms with van der Waals surface area (Å²) in [5, 5.41) is 3.93. The van der Waals surface area contributed by atoms with Gasteiger partial charge in [-0.1, -0.05) is 24.8 Å². The minimum absolute atomic E-state index is 0.0613. The summed E-state index contributed by atoms with van der Waals surface area (Å²) < 4.78 is 30.6. The number of allylic oxidation sites excluding steroid dienone is 8. The highest BCUT2D eigenvalue weighted by Gasteiger charge is 2.28. The fourth-order valence-electron chi connectivity index (χ4n) is 3.53. The van der Waals surface area contributed by atoms with E-state index in [-0.39, 0.29) is 16.8 Å². The van der Waals surface area contributed by atoms with Crippen molar-refractivity contribution in [1.82, 2.24) is 0 Å². The van der Waals surface area contributed by atoms with Crippen LogP contribution in [0.5, 0.6) is 0 Å². The molecule has 0 amide bonds. The van der Waals surface area contributed by atoms with Crippen LogP contribution in [0.2, 0.25) is 0 Å². The number of rotatable bonds is 4. The largest absolute Gasteiger partial charge is 0.286 e. The molecule has 154 valence electrons. The van der Waals surface area contributed by atoms with Crippen molar-refractivity contribution in [3.8, 4) is 0 Å². The number of nitroso groups, excluding NO2 is 1. The molecule has 0 radical (unpaired) electrons. The van der Waals surface area contributed by atoms with Gasteiger partial charge >= 0.3 is 0 Å². The van der Waals surface area contributed by atoms with E-state index in [0.717, 1.165) is 12.8 Å². The van der Waals surface area contributed by atoms with Crippen molar-refractivity contribution in [2.45, 2.75) is 12.8 Å². The van der Waals surface area contributed by atoms with E-state index in [0.29, 0.717) is 38.8 Å². The number of nitrogens with zero attached hydrogens (tertiary/aromatic N) is 3. The second kappa shape index (κ2) is 9.16. The first kappa shape index (κ1) is 22.3. The SMILES string of the molecule is C=C(N=O)C1=CC(c2c(F)c(F)c(C3=CCCC=C3)c(P)c2P)=CC(=N/C)/C1=N\C. The summed E-state index contributed by atoms with van der Waals surface area (Å²) in [6.07, 6.45) is 10.5. The highest BCUT2D eigenvalue weighted by Crippen LogP contribution is 2.33. The van der Waals surface area contributed by atoms with Crippen LogP contribution in [0.1, 0.15) is 24.0 Å². The third-order valence-corrected chi connectivity index (χ3v) is 6.54. The van der Waals surface area contributed by atoms with Crippen LogP contribution in [-0.2, 0) is 0 Å². The first-order chi connectivity index (χ1) is 14.3. The molecule has 1 aromatic carbocycles. The maximum atomic E-state index is 15.4. The highest BCUT2D eigenvalue weighted by molar-refractivity contribution is 7.36. The van der Waals surface area contributed by atoms with E-state index >= 15 is 8.78 Å². The van der Waals surface area contributed by atoms with Gasteiger partial charge in [0, 0.05) is 30.8 Å². The fourth-order valence-corrected chi connectivity index (χ4v) is 4.40. The van der Waals surface area contributed by atoms with Crippen molar-refractivity contribution < 1.29 is 8.78 Å². The van der Waals surface area contributed by atoms with Crippen LogP contribution in [0.25, 0.3) is 11.1 Å². The summed E-state index contributed by atoms with van der Waals surface area (Å²) in [4.78, 5) is 19.4. The second-order valence-corrected chi connectivity index (χ2v) is 7.88. The van der Waals surface area contributed by atoms with Gasteiger partial charge in [-0.15, -0.1) is 23.4 Å². The number of benzene rings is 1. The molecule has 8 heteroatoms. The standard InChI is InChI=1S/C22H21F2N3OP2/c1-11(27-28)14-9-13(10-15(25-2)20(14)26-3)17-19(24)18(23)16(21(29)22(17)30)12-7-5-4-6-8-12/h5,7-10H,1,4,6,29-30H2,2-3H3/b25-15-,26-20-. The number of hydrogen-bond acceptors (Lipinski definition) is 4. The first-order valence-corrected chi connectivity index (χ1v) is 10.3. The predicted molar refractivity (Wildman–Crippen MR) is 129 cm³/mol. The Morgan fingerprint density at radius 2 is 1.63 bits per heavy atom. The van der Waals surface area contributed by atoms with Gasteiger partial charge < -0.3 is 0 Å². The molecule has 2 unspecified atom stereocenters. The van der Waals surface area contributed by atoms with Gasteiger partial charge in [-0.05, 0) is 51.9 Å². The Morgan fingerprint density at radius 1 is 1.00 bits per heavy atom. The first-order valence-electron chi connectivity index (χ1n) is 9.19. The molecular weight excluding hydrogens is 422 g/mol. The maximum Gasteiger partial charge on any atom is 0.167 e. The lowest BCUT2D eigenvalue weighted by Gasteiger charge is -2.22. The van der Waals surface area contributed by atoms with Crippen molar-refractivity contribution in [3.63, 3.8) is 0 Å². The smallest absolute Gasteiger partial charge is 0.167 e. The van der Waals surface area contributed by atoms with Crippen LogP contribution < -0.4 is 10.6 Å². The molecule has 2 aliphatic rings. The summed E-state index contributed by atoms with van der Waals surface area (Å²) in [6.45, 7) is 3.64. The maximum absolute atomic E-state index is 15.4. The second-order valence-electron chi connectivity index (χ2n) is 6.72. The topological polar surface area (TPSA) is 54.1 Å². The number of halogens is 2. The molecule has 1 aromatic rings. The Labute approximate surface area is 178 Å². The number of aliphatic imine (C=N–C) groups is 2. The zero-order chi connectivity index (χ0) is 22.0. The zero-order valence-electron chi connectivity index (χ0n) is 16.7. The molecule has 0 fully saturated rings. The normalized spacial score (nSPS) is 18.9. The van der Waals surface area contributed by atoms with E-state index in [1.54, 1.807) is 20.2 Å². The van der Waals surface area contributed by atoms with Gasteiger partial charge in [-0.2, -0.15) is 0 Å². The Morgan fingerprint density at radius 3 is 2.13 bits per heavy atom. The quantitative estimate of drug-likeness (QED) is 0.386. The molecule has 2 atom stereocenters. The molecule has 0 aromatic heterocycles. The van der Waals surface area contributed by atoms with Gasteiger partial charge in [0.2, 0.25) is 0 Å². The third kappa shape index (κ3) is 3.82. The van der Waals surface area contributed by atoms with Gasteiger partial charge in [0.1, 0.15) is 5.70 Å². The Hall–Kier alpha value is -2.42. The molecule has 0 aliphatic heterocycles. The fraction of sp³-hybridized carbons (Fsp3) is 0.182. The third-order valence-electron chi connectivity index (χ3n) is 5.01. The van der Waals surface area contributed by atoms with Crippen LogP contribution in [0.4, 0.5) is 8.78 Å². The van der Waals surface area contributed by atoms with Crippen LogP contribution in [0, 0.1) is 16.5 Å². The molecule has 30 heavy (non-hydrogen) atoms. The summed E-state index contributed by atoms with van der Waals surface area (Å²) in [6, 6.07) is 0. The Bertz CT molecular complexity index is 1110. The van der Waals surface area contributed by atoms with Crippen LogP contribution in [0.15, 0.2) is 63.4 Å². The minimum atomic E-state index is -0.972. The molecule has 0 bridgehead atoms. The van der Waals surface area contributed by atoms with Gasteiger partial charge in [-0.3, -0.25) is 9.98 Å². The van der Waals surface area contributed by atoms with Crippen molar-refractivity contribution in [2.24, 2.45) is 15.2 Å². The minimum Gasteiger partial charge on any atom is -0.286 e. The lowest BCUT2D eigenvalue weighted by molar-refractivity contribution is 0.506. The molecule has 4 nitrogen and oxygen atoms in total. The average molecular weight is 443 g/mol. The van der Waals surface area contributed by atoms with Crippen LogP contribution in [-0.4, -0.2) is 25.5 Å². The average Bonchev–Trinajstić information content (AvgIpc) is 2.77. The molecule has 0 saturated carbocycles. The van der Waals surface area contributed by atoms with Gasteiger partial charge in [0.05, 0.1) is 11.4 Å². The summed E-state index contributed by atoms with van der Waals surface area (Å²) in [5.41, 5.74) is 2.40. The van der Waals surface area contributed by atoms with Crippen LogP contribution in [0.3, 0.4) is 0 Å². The van der Waals surface area contributed by atoms with Gasteiger partial charge in [-0.25, -0.2) is 8.78 Å². The van der Waals surface area contributed by atoms with Gasteiger partial charge in [0.25, 0.3) is 0 Å². The monoisotopic (exact) mass is 443 g/mol. The van der Waals surface area contributed by atoms with E-state index in [1.165, 1.54) is 6.08 Å². The van der Waals surface area contributed by atoms with Crippen molar-refractivity contribution in [1.29, 1.82) is 0 Å². The van der Waals surface area contributed by atoms with E-state index < -0.39 is 11.6 Å². The summed E-state index contributed by atoms with van der Waals surface area (Å²) in [5.74, 6) is -1.90. The number of hydrogen-bond donors (Lipinski definition) is 0. The molecule has 3 rings (SSSR count). The Kier molecular flexibility index (Phi) is 6.80.